The molecule has 1 amide bonds. The van der Waals surface area contributed by atoms with Crippen molar-refractivity contribution in [3.8, 4) is 17.2 Å². The molecule has 2 N–H and O–H groups in total. The van der Waals surface area contributed by atoms with Crippen LogP contribution in [0.15, 0.2) is 36.4 Å². The Bertz CT molecular complexity index is 991. The van der Waals surface area contributed by atoms with Crippen LogP contribution in [0.3, 0.4) is 0 Å². The van der Waals surface area contributed by atoms with Gasteiger partial charge in [-0.3, -0.25) is 9.52 Å². The second kappa shape index (κ2) is 11.5. The summed E-state index contributed by atoms with van der Waals surface area (Å²) in [7, 11) is -0.511. The lowest BCUT2D eigenvalue weighted by atomic mass is 10.1. The van der Waals surface area contributed by atoms with Crippen molar-refractivity contribution >= 4 is 27.3 Å². The van der Waals surface area contributed by atoms with Crippen LogP contribution < -0.4 is 24.2 Å². The van der Waals surface area contributed by atoms with Crippen molar-refractivity contribution in [3.63, 3.8) is 0 Å². The molecule has 0 radical (unpaired) electrons. The van der Waals surface area contributed by atoms with Crippen LogP contribution in [0, 0.1) is 0 Å². The number of hydrogen-bond acceptors (Lipinski definition) is 6. The van der Waals surface area contributed by atoms with E-state index in [9.17, 15) is 13.2 Å². The van der Waals surface area contributed by atoms with Gasteiger partial charge in [-0.1, -0.05) is 26.2 Å². The molecule has 31 heavy (non-hydrogen) atoms. The number of ether oxygens (including phenoxy) is 3. The number of rotatable bonds is 12. The van der Waals surface area contributed by atoms with Crippen LogP contribution >= 0.6 is 0 Å². The van der Waals surface area contributed by atoms with E-state index in [0.717, 1.165) is 25.5 Å². The Balaban J connectivity index is 2.09. The summed E-state index contributed by atoms with van der Waals surface area (Å²) >= 11 is 0. The van der Waals surface area contributed by atoms with Crippen molar-refractivity contribution in [3.05, 3.63) is 42.0 Å². The lowest BCUT2D eigenvalue weighted by Gasteiger charge is -2.14. The van der Waals surface area contributed by atoms with Crippen molar-refractivity contribution in [2.45, 2.75) is 32.6 Å². The van der Waals surface area contributed by atoms with Crippen LogP contribution in [-0.4, -0.2) is 41.4 Å². The van der Waals surface area contributed by atoms with Gasteiger partial charge >= 0.3 is 0 Å². The molecule has 9 heteroatoms. The number of methoxy groups -OCH3 is 2. The largest absolute Gasteiger partial charge is 0.494 e. The van der Waals surface area contributed by atoms with Gasteiger partial charge in [0.25, 0.3) is 5.91 Å². The molecule has 0 atom stereocenters. The van der Waals surface area contributed by atoms with E-state index in [1.165, 1.54) is 32.8 Å². The molecule has 0 saturated carbocycles. The molecule has 0 aromatic heterocycles. The Hall–Kier alpha value is -2.94. The topological polar surface area (TPSA) is 103 Å². The van der Waals surface area contributed by atoms with Gasteiger partial charge in [-0.05, 0) is 36.8 Å². The zero-order valence-corrected chi connectivity index (χ0v) is 19.2. The second-order valence-corrected chi connectivity index (χ2v) is 8.77. The first kappa shape index (κ1) is 24.3. The van der Waals surface area contributed by atoms with E-state index in [1.54, 1.807) is 24.3 Å². The zero-order valence-electron chi connectivity index (χ0n) is 18.4. The Kier molecular flexibility index (Phi) is 8.99. The highest BCUT2D eigenvalue weighted by molar-refractivity contribution is 7.92. The first-order valence-corrected chi connectivity index (χ1v) is 11.9. The van der Waals surface area contributed by atoms with E-state index < -0.39 is 10.0 Å². The monoisotopic (exact) mass is 450 g/mol. The molecule has 2 rings (SSSR count). The highest BCUT2D eigenvalue weighted by atomic mass is 32.2. The highest BCUT2D eigenvalue weighted by Crippen LogP contribution is 2.31. The maximum absolute atomic E-state index is 12.7. The number of carbonyl (C=O) groups excluding carboxylic acids is 1. The van der Waals surface area contributed by atoms with Gasteiger partial charge in [0.15, 0.2) is 11.5 Å². The van der Waals surface area contributed by atoms with E-state index in [4.69, 9.17) is 14.2 Å². The molecule has 0 heterocycles. The first-order chi connectivity index (χ1) is 14.8. The second-order valence-electron chi connectivity index (χ2n) is 7.02. The van der Waals surface area contributed by atoms with Gasteiger partial charge in [0.2, 0.25) is 10.0 Å². The van der Waals surface area contributed by atoms with Crippen LogP contribution in [0.25, 0.3) is 0 Å². The molecule has 8 nitrogen and oxygen atoms in total. The lowest BCUT2D eigenvalue weighted by Crippen LogP contribution is -2.13. The SMILES string of the molecule is CCCCCCOc1ccc(C(=O)Nc2ccc(NS(C)(=O)=O)c(OC)c2)cc1OC. The van der Waals surface area contributed by atoms with Gasteiger partial charge in [-0.15, -0.1) is 0 Å². The Labute approximate surface area is 184 Å². The predicted octanol–water partition coefficient (Wildman–Crippen LogP) is 4.29. The molecule has 2 aromatic rings. The standard InChI is InChI=1S/C22H30N2O6S/c1-5-6-7-8-13-30-19-12-9-16(14-21(19)29-3)22(25)23-17-10-11-18(20(15-17)28-2)24-31(4,26)27/h9-12,14-15,24H,5-8,13H2,1-4H3,(H,23,25). The molecule has 0 aliphatic carbocycles. The summed E-state index contributed by atoms with van der Waals surface area (Å²) in [6, 6.07) is 9.64. The summed E-state index contributed by atoms with van der Waals surface area (Å²) in [6.45, 7) is 2.75. The molecular formula is C22H30N2O6S. The van der Waals surface area contributed by atoms with Gasteiger partial charge in [0.05, 0.1) is 32.8 Å². The quantitative estimate of drug-likeness (QED) is 0.468. The third kappa shape index (κ3) is 7.67. The highest BCUT2D eigenvalue weighted by Gasteiger charge is 2.14. The average Bonchev–Trinajstić information content (AvgIpc) is 2.73. The van der Waals surface area contributed by atoms with Crippen molar-refractivity contribution in [2.24, 2.45) is 0 Å². The van der Waals surface area contributed by atoms with E-state index >= 15 is 0 Å². The molecule has 0 fully saturated rings. The summed E-state index contributed by atoms with van der Waals surface area (Å²) in [4.78, 5) is 12.7. The summed E-state index contributed by atoms with van der Waals surface area (Å²) < 4.78 is 41.7. The maximum Gasteiger partial charge on any atom is 0.255 e. The van der Waals surface area contributed by atoms with E-state index in [1.807, 2.05) is 0 Å². The number of carbonyl (C=O) groups is 1. The van der Waals surface area contributed by atoms with Gasteiger partial charge in [0, 0.05) is 17.3 Å². The number of benzene rings is 2. The summed E-state index contributed by atoms with van der Waals surface area (Å²) in [5.74, 6) is 1.01. The fourth-order valence-electron chi connectivity index (χ4n) is 2.90. The molecular weight excluding hydrogens is 420 g/mol. The predicted molar refractivity (Wildman–Crippen MR) is 122 cm³/mol. The van der Waals surface area contributed by atoms with Crippen molar-refractivity contribution in [1.29, 1.82) is 0 Å². The number of sulfonamides is 1. The molecule has 0 aliphatic rings. The number of nitrogens with one attached hydrogen (secondary N) is 2. The molecule has 0 unspecified atom stereocenters. The van der Waals surface area contributed by atoms with Crippen LogP contribution in [0.4, 0.5) is 11.4 Å². The number of hydrogen-bond donors (Lipinski definition) is 2. The van der Waals surface area contributed by atoms with Crippen LogP contribution in [-0.2, 0) is 10.0 Å². The number of amides is 1. The summed E-state index contributed by atoms with van der Waals surface area (Å²) in [6.07, 6.45) is 5.46. The first-order valence-electron chi connectivity index (χ1n) is 10.1. The van der Waals surface area contributed by atoms with E-state index in [-0.39, 0.29) is 17.3 Å². The Morgan fingerprint density at radius 2 is 1.68 bits per heavy atom. The third-order valence-corrected chi connectivity index (χ3v) is 5.03. The fourth-order valence-corrected chi connectivity index (χ4v) is 3.46. The molecule has 170 valence electrons. The minimum absolute atomic E-state index is 0.283. The van der Waals surface area contributed by atoms with Crippen molar-refractivity contribution in [1.82, 2.24) is 0 Å². The molecule has 2 aromatic carbocycles. The molecule has 0 saturated heterocycles. The van der Waals surface area contributed by atoms with Crippen molar-refractivity contribution in [2.75, 3.05) is 37.1 Å². The van der Waals surface area contributed by atoms with Crippen LogP contribution in [0.2, 0.25) is 0 Å². The molecule has 0 spiro atoms. The zero-order chi connectivity index (χ0) is 22.9. The maximum atomic E-state index is 12.7. The smallest absolute Gasteiger partial charge is 0.255 e. The van der Waals surface area contributed by atoms with Crippen molar-refractivity contribution < 1.29 is 27.4 Å². The molecule has 0 aliphatic heterocycles. The van der Waals surface area contributed by atoms with E-state index in [2.05, 4.69) is 17.0 Å². The lowest BCUT2D eigenvalue weighted by molar-refractivity contribution is 0.102. The van der Waals surface area contributed by atoms with E-state index in [0.29, 0.717) is 29.4 Å². The molecule has 0 bridgehead atoms. The van der Waals surface area contributed by atoms with Gasteiger partial charge < -0.3 is 19.5 Å². The van der Waals surface area contributed by atoms with Gasteiger partial charge in [-0.25, -0.2) is 8.42 Å². The van der Waals surface area contributed by atoms with Gasteiger partial charge in [0.1, 0.15) is 5.75 Å². The summed E-state index contributed by atoms with van der Waals surface area (Å²) in [5, 5.41) is 2.77. The van der Waals surface area contributed by atoms with Crippen LogP contribution in [0.1, 0.15) is 43.0 Å². The Morgan fingerprint density at radius 1 is 0.935 bits per heavy atom. The summed E-state index contributed by atoms with van der Waals surface area (Å²) in [5.41, 5.74) is 1.13. The van der Waals surface area contributed by atoms with Crippen LogP contribution in [0.5, 0.6) is 17.2 Å². The third-order valence-electron chi connectivity index (χ3n) is 4.44. The minimum atomic E-state index is -3.46. The number of anilines is 2. The Morgan fingerprint density at radius 3 is 2.32 bits per heavy atom. The minimum Gasteiger partial charge on any atom is -0.494 e. The average molecular weight is 451 g/mol. The van der Waals surface area contributed by atoms with Gasteiger partial charge in [-0.2, -0.15) is 0 Å². The fraction of sp³-hybridized carbons (Fsp3) is 0.409. The number of unbranched alkanes of at least 4 members (excludes halogenated alkanes) is 3. The normalized spacial score (nSPS) is 11.0.